The molecule has 1 N–H and O–H groups in total. The van der Waals surface area contributed by atoms with Crippen molar-refractivity contribution in [3.63, 3.8) is 0 Å². The molecule has 37 heavy (non-hydrogen) atoms. The Bertz CT molecular complexity index is 1250. The van der Waals surface area contributed by atoms with Gasteiger partial charge in [0.05, 0.1) is 38.9 Å². The zero-order valence-electron chi connectivity index (χ0n) is 21.4. The van der Waals surface area contributed by atoms with Gasteiger partial charge in [0.15, 0.2) is 5.78 Å². The van der Waals surface area contributed by atoms with Crippen LogP contribution in [0.25, 0.3) is 0 Å². The molecule has 4 atom stereocenters. The van der Waals surface area contributed by atoms with E-state index in [0.717, 1.165) is 4.90 Å². The predicted molar refractivity (Wildman–Crippen MR) is 139 cm³/mol. The molecule has 0 unspecified atom stereocenters. The molecular weight excluding hydrogens is 496 g/mol. The summed E-state index contributed by atoms with van der Waals surface area (Å²) in [5.74, 6) is -2.11. The lowest BCUT2D eigenvalue weighted by atomic mass is 9.77. The van der Waals surface area contributed by atoms with Gasteiger partial charge >= 0.3 is 5.97 Å². The Balaban J connectivity index is 1.90. The fourth-order valence-corrected chi connectivity index (χ4v) is 5.95. The number of carbonyl (C=O) groups is 4. The minimum absolute atomic E-state index is 0.187. The van der Waals surface area contributed by atoms with Crippen LogP contribution in [-0.4, -0.2) is 62.4 Å². The summed E-state index contributed by atoms with van der Waals surface area (Å²) in [6, 6.07) is 10.9. The number of ether oxygens (including phenoxy) is 3. The van der Waals surface area contributed by atoms with Crippen molar-refractivity contribution < 1.29 is 33.4 Å². The van der Waals surface area contributed by atoms with Crippen LogP contribution in [0.15, 0.2) is 42.5 Å². The van der Waals surface area contributed by atoms with Gasteiger partial charge in [0.2, 0.25) is 11.8 Å². The lowest BCUT2D eigenvalue weighted by Gasteiger charge is -2.32. The van der Waals surface area contributed by atoms with Crippen molar-refractivity contribution in [1.29, 1.82) is 0 Å². The molecule has 2 aliphatic heterocycles. The molecule has 10 heteroatoms. The topological polar surface area (TPSA) is 111 Å². The van der Waals surface area contributed by atoms with Crippen molar-refractivity contribution in [3.05, 3.63) is 53.6 Å². The number of Topliss-reactive ketones (excluding diaryl/α,β-unsaturated/α-hetero) is 1. The third-order valence-corrected chi connectivity index (χ3v) is 7.80. The Kier molecular flexibility index (Phi) is 7.61. The van der Waals surface area contributed by atoms with Gasteiger partial charge in [0, 0.05) is 23.2 Å². The van der Waals surface area contributed by atoms with Crippen molar-refractivity contribution in [2.24, 2.45) is 11.8 Å². The van der Waals surface area contributed by atoms with Crippen molar-refractivity contribution >= 4 is 41.0 Å². The normalized spacial score (nSPS) is 24.7. The Morgan fingerprint density at radius 3 is 2.43 bits per heavy atom. The van der Waals surface area contributed by atoms with E-state index in [-0.39, 0.29) is 12.2 Å². The van der Waals surface area contributed by atoms with Gasteiger partial charge < -0.3 is 14.2 Å². The summed E-state index contributed by atoms with van der Waals surface area (Å²) >= 11 is 1.53. The predicted octanol–water partition coefficient (Wildman–Crippen LogP) is 3.02. The minimum Gasteiger partial charge on any atom is -0.497 e. The molecule has 2 aromatic rings. The van der Waals surface area contributed by atoms with Crippen LogP contribution in [0.2, 0.25) is 0 Å². The lowest BCUT2D eigenvalue weighted by molar-refractivity contribution is -0.152. The number of esters is 1. The molecule has 0 radical (unpaired) electrons. The maximum absolute atomic E-state index is 14.0. The van der Waals surface area contributed by atoms with Crippen molar-refractivity contribution in [2.75, 3.05) is 38.2 Å². The first-order chi connectivity index (χ1) is 17.7. The molecule has 0 aliphatic carbocycles. The highest BCUT2D eigenvalue weighted by Gasteiger charge is 2.69. The fourth-order valence-electron chi connectivity index (χ4n) is 5.43. The van der Waals surface area contributed by atoms with Crippen molar-refractivity contribution in [3.8, 4) is 11.5 Å². The molecule has 2 saturated heterocycles. The summed E-state index contributed by atoms with van der Waals surface area (Å²) in [4.78, 5) is 54.5. The molecule has 2 heterocycles. The number of hydrogen-bond acceptors (Lipinski definition) is 9. The summed E-state index contributed by atoms with van der Waals surface area (Å²) < 4.78 is 16.1. The van der Waals surface area contributed by atoms with Crippen LogP contribution in [0.3, 0.4) is 0 Å². The monoisotopic (exact) mass is 526 g/mol. The second-order valence-electron chi connectivity index (χ2n) is 9.06. The molecular formula is C27H30N2O7S. The number of nitrogens with one attached hydrogen (secondary N) is 1. The van der Waals surface area contributed by atoms with E-state index in [1.807, 2.05) is 6.26 Å². The van der Waals surface area contributed by atoms with Gasteiger partial charge in [-0.1, -0.05) is 18.2 Å². The van der Waals surface area contributed by atoms with E-state index < -0.39 is 41.2 Å². The smallest absolute Gasteiger partial charge is 0.326 e. The summed E-state index contributed by atoms with van der Waals surface area (Å²) in [5.41, 5.74) is -0.143. The molecule has 2 aromatic carbocycles. The first-order valence-electron chi connectivity index (χ1n) is 11.8. The molecule has 0 aromatic heterocycles. The zero-order valence-corrected chi connectivity index (χ0v) is 22.2. The number of carbonyl (C=O) groups excluding carboxylic acids is 4. The number of benzene rings is 2. The third kappa shape index (κ3) is 4.38. The number of rotatable bonds is 9. The van der Waals surface area contributed by atoms with E-state index >= 15 is 0 Å². The van der Waals surface area contributed by atoms with E-state index in [0.29, 0.717) is 34.1 Å². The van der Waals surface area contributed by atoms with Crippen LogP contribution < -0.4 is 19.7 Å². The average molecular weight is 527 g/mol. The average Bonchev–Trinajstić information content (AvgIpc) is 3.40. The summed E-state index contributed by atoms with van der Waals surface area (Å²) in [6.45, 7) is 1.42. The maximum atomic E-state index is 14.0. The largest absolute Gasteiger partial charge is 0.497 e. The number of nitrogens with zero attached hydrogens (tertiary/aromatic N) is 1. The van der Waals surface area contributed by atoms with Gasteiger partial charge in [-0.2, -0.15) is 11.8 Å². The van der Waals surface area contributed by atoms with Gasteiger partial charge in [-0.3, -0.25) is 24.5 Å². The second kappa shape index (κ2) is 10.5. The highest BCUT2D eigenvalue weighted by molar-refractivity contribution is 7.98. The van der Waals surface area contributed by atoms with Crippen LogP contribution in [0, 0.1) is 11.8 Å². The highest BCUT2D eigenvalue weighted by Crippen LogP contribution is 2.53. The molecule has 196 valence electrons. The molecule has 9 nitrogen and oxygen atoms in total. The zero-order chi connectivity index (χ0) is 26.9. The molecule has 2 aliphatic rings. The number of fused-ring (bicyclic) bond motifs is 1. The van der Waals surface area contributed by atoms with Crippen molar-refractivity contribution in [2.45, 2.75) is 24.9 Å². The van der Waals surface area contributed by atoms with Gasteiger partial charge in [-0.15, -0.1) is 0 Å². The third-order valence-electron chi connectivity index (χ3n) is 7.19. The van der Waals surface area contributed by atoms with Gasteiger partial charge in [0.25, 0.3) is 0 Å². The van der Waals surface area contributed by atoms with Crippen LogP contribution in [0.5, 0.6) is 11.5 Å². The standard InChI is InChI=1S/C27H30N2O7S/c1-15(30)16-7-6-8-17(13-16)29-24(31)21-22(25(29)32)27(11-12-37-5,26(33)36-4)28-23(21)19-10-9-18(34-2)14-20(19)35-3/h6-10,13-14,21-23,28H,11-12H2,1-5H3/t21-,22+,23-,27-/m1/s1. The van der Waals surface area contributed by atoms with E-state index in [1.165, 1.54) is 46.1 Å². The number of imide groups is 1. The minimum atomic E-state index is -1.43. The Morgan fingerprint density at radius 2 is 1.81 bits per heavy atom. The number of ketones is 1. The van der Waals surface area contributed by atoms with Crippen LogP contribution >= 0.6 is 11.8 Å². The summed E-state index contributed by atoms with van der Waals surface area (Å²) in [6.07, 6.45) is 2.18. The van der Waals surface area contributed by atoms with E-state index in [9.17, 15) is 19.2 Å². The van der Waals surface area contributed by atoms with Crippen LogP contribution in [-0.2, 0) is 19.1 Å². The van der Waals surface area contributed by atoms with Gasteiger partial charge in [0.1, 0.15) is 17.0 Å². The Morgan fingerprint density at radius 1 is 1.05 bits per heavy atom. The number of hydrogen-bond donors (Lipinski definition) is 1. The highest BCUT2D eigenvalue weighted by atomic mass is 32.2. The van der Waals surface area contributed by atoms with E-state index in [2.05, 4.69) is 5.32 Å². The first kappa shape index (κ1) is 26.7. The summed E-state index contributed by atoms with van der Waals surface area (Å²) in [5, 5.41) is 3.35. The lowest BCUT2D eigenvalue weighted by Crippen LogP contribution is -2.56. The molecule has 0 saturated carbocycles. The quantitative estimate of drug-likeness (QED) is 0.299. The SMILES string of the molecule is COC(=O)[C@]1(CCSC)N[C@H](c2ccc(OC)cc2OC)[C@@H]2C(=O)N(c3cccc(C(C)=O)c3)C(=O)[C@H]21. The number of amides is 2. The first-order valence-corrected chi connectivity index (χ1v) is 13.2. The van der Waals surface area contributed by atoms with Crippen molar-refractivity contribution in [1.82, 2.24) is 5.32 Å². The Labute approximate surface area is 219 Å². The maximum Gasteiger partial charge on any atom is 0.326 e. The number of thioether (sulfide) groups is 1. The van der Waals surface area contributed by atoms with Gasteiger partial charge in [-0.25, -0.2) is 4.90 Å². The summed E-state index contributed by atoms with van der Waals surface area (Å²) in [7, 11) is 4.32. The number of anilines is 1. The van der Waals surface area contributed by atoms with Gasteiger partial charge in [-0.05, 0) is 43.6 Å². The van der Waals surface area contributed by atoms with Crippen LogP contribution in [0.1, 0.15) is 35.3 Å². The van der Waals surface area contributed by atoms with Crippen LogP contribution in [0.4, 0.5) is 5.69 Å². The number of methoxy groups -OCH3 is 3. The molecule has 2 amide bonds. The van der Waals surface area contributed by atoms with E-state index in [1.54, 1.807) is 36.4 Å². The molecule has 2 fully saturated rings. The second-order valence-corrected chi connectivity index (χ2v) is 10.0. The molecule has 0 spiro atoms. The fraction of sp³-hybridized carbons (Fsp3) is 0.407. The molecule has 0 bridgehead atoms. The Hall–Kier alpha value is -3.37. The van der Waals surface area contributed by atoms with E-state index in [4.69, 9.17) is 14.2 Å². The molecule has 4 rings (SSSR count).